The highest BCUT2D eigenvalue weighted by molar-refractivity contribution is 6.35. The molecule has 7 heteroatoms. The molecule has 0 saturated heterocycles. The smallest absolute Gasteiger partial charge is 0.248 e. The van der Waals surface area contributed by atoms with Crippen molar-refractivity contribution in [3.05, 3.63) is 63.9 Å². The molecule has 0 aliphatic carbocycles. The maximum atomic E-state index is 6.16. The van der Waals surface area contributed by atoms with E-state index in [1.54, 1.807) is 18.2 Å². The number of aryl methyl sites for hydroxylation is 2. The zero-order valence-electron chi connectivity index (χ0n) is 13.7. The van der Waals surface area contributed by atoms with Crippen molar-refractivity contribution in [2.45, 2.75) is 13.8 Å². The third-order valence-electron chi connectivity index (χ3n) is 3.72. The van der Waals surface area contributed by atoms with E-state index in [9.17, 15) is 0 Å². The van der Waals surface area contributed by atoms with Crippen LogP contribution in [0, 0.1) is 13.8 Å². The van der Waals surface area contributed by atoms with Gasteiger partial charge in [0.2, 0.25) is 5.88 Å². The Kier molecular flexibility index (Phi) is 4.97. The van der Waals surface area contributed by atoms with Crippen molar-refractivity contribution in [2.24, 2.45) is 0 Å². The van der Waals surface area contributed by atoms with Gasteiger partial charge in [-0.1, -0.05) is 29.3 Å². The normalized spacial score (nSPS) is 10.6. The Balaban J connectivity index is 1.89. The number of hydrogen-bond acceptors (Lipinski definition) is 5. The fourth-order valence-electron chi connectivity index (χ4n) is 2.17. The molecule has 0 aliphatic rings. The Bertz CT molecular complexity index is 931. The van der Waals surface area contributed by atoms with Crippen molar-refractivity contribution in [3.63, 3.8) is 0 Å². The molecule has 3 rings (SSSR count). The lowest BCUT2D eigenvalue weighted by atomic mass is 10.1. The van der Waals surface area contributed by atoms with Crippen LogP contribution in [-0.2, 0) is 0 Å². The van der Waals surface area contributed by atoms with E-state index in [4.69, 9.17) is 33.7 Å². The molecule has 128 valence electrons. The molecule has 0 saturated carbocycles. The standard InChI is InChI=1S/C18H16Cl2N4O/c1-10-3-5-13(7-11(10)2)25-18-16(21)17(22-9-23-18)24-15-8-12(19)4-6-14(15)20/h3-9H,21H2,1-2H3,(H,22,23,24). The van der Waals surface area contributed by atoms with Crippen LogP contribution in [0.2, 0.25) is 10.0 Å². The highest BCUT2D eigenvalue weighted by atomic mass is 35.5. The number of hydrogen-bond donors (Lipinski definition) is 2. The van der Waals surface area contributed by atoms with Gasteiger partial charge < -0.3 is 15.8 Å². The molecule has 0 atom stereocenters. The molecule has 2 aromatic carbocycles. The van der Waals surface area contributed by atoms with Crippen LogP contribution in [0.4, 0.5) is 17.2 Å². The van der Waals surface area contributed by atoms with Gasteiger partial charge in [0.05, 0.1) is 10.7 Å². The molecule has 0 bridgehead atoms. The SMILES string of the molecule is Cc1ccc(Oc2ncnc(Nc3cc(Cl)ccc3Cl)c2N)cc1C. The van der Waals surface area contributed by atoms with Gasteiger partial charge >= 0.3 is 0 Å². The summed E-state index contributed by atoms with van der Waals surface area (Å²) in [5, 5.41) is 4.10. The zero-order chi connectivity index (χ0) is 18.0. The second kappa shape index (κ2) is 7.17. The van der Waals surface area contributed by atoms with Gasteiger partial charge in [0.15, 0.2) is 5.82 Å². The molecule has 1 heterocycles. The summed E-state index contributed by atoms with van der Waals surface area (Å²) >= 11 is 12.2. The molecule has 0 amide bonds. The first-order chi connectivity index (χ1) is 11.9. The molecule has 1 aromatic heterocycles. The third-order valence-corrected chi connectivity index (χ3v) is 4.29. The number of halogens is 2. The summed E-state index contributed by atoms with van der Waals surface area (Å²) in [6.45, 7) is 4.05. The fourth-order valence-corrected chi connectivity index (χ4v) is 2.51. The van der Waals surface area contributed by atoms with Gasteiger partial charge in [-0.25, -0.2) is 4.98 Å². The van der Waals surface area contributed by atoms with Crippen molar-refractivity contribution in [1.29, 1.82) is 0 Å². The summed E-state index contributed by atoms with van der Waals surface area (Å²) in [4.78, 5) is 8.26. The van der Waals surface area contributed by atoms with Crippen LogP contribution in [-0.4, -0.2) is 9.97 Å². The average molecular weight is 375 g/mol. The molecule has 3 aromatic rings. The zero-order valence-corrected chi connectivity index (χ0v) is 15.2. The van der Waals surface area contributed by atoms with Crippen molar-refractivity contribution in [2.75, 3.05) is 11.1 Å². The number of aromatic nitrogens is 2. The molecule has 0 radical (unpaired) electrons. The van der Waals surface area contributed by atoms with Crippen molar-refractivity contribution in [3.8, 4) is 11.6 Å². The lowest BCUT2D eigenvalue weighted by Crippen LogP contribution is -2.03. The van der Waals surface area contributed by atoms with Gasteiger partial charge in [-0.05, 0) is 55.3 Å². The molecular weight excluding hydrogens is 359 g/mol. The van der Waals surface area contributed by atoms with Crippen LogP contribution in [0.5, 0.6) is 11.6 Å². The summed E-state index contributed by atoms with van der Waals surface area (Å²) in [7, 11) is 0. The van der Waals surface area contributed by atoms with E-state index in [1.807, 2.05) is 32.0 Å². The first-order valence-electron chi connectivity index (χ1n) is 7.51. The number of nitrogens with zero attached hydrogens (tertiary/aromatic N) is 2. The van der Waals surface area contributed by atoms with Crippen LogP contribution < -0.4 is 15.8 Å². The first-order valence-corrected chi connectivity index (χ1v) is 8.27. The second-order valence-corrected chi connectivity index (χ2v) is 6.38. The van der Waals surface area contributed by atoms with Gasteiger partial charge in [0, 0.05) is 5.02 Å². The predicted molar refractivity (Wildman–Crippen MR) is 102 cm³/mol. The van der Waals surface area contributed by atoms with Crippen molar-refractivity contribution in [1.82, 2.24) is 9.97 Å². The highest BCUT2D eigenvalue weighted by Gasteiger charge is 2.12. The fraction of sp³-hybridized carbons (Fsp3) is 0.111. The van der Waals surface area contributed by atoms with Gasteiger partial charge in [-0.3, -0.25) is 0 Å². The summed E-state index contributed by atoms with van der Waals surface area (Å²) in [5.41, 5.74) is 9.32. The minimum absolute atomic E-state index is 0.263. The monoisotopic (exact) mass is 374 g/mol. The van der Waals surface area contributed by atoms with Crippen molar-refractivity contribution >= 4 is 40.4 Å². The Hall–Kier alpha value is -2.50. The third kappa shape index (κ3) is 3.95. The number of anilines is 3. The van der Waals surface area contributed by atoms with Crippen molar-refractivity contribution < 1.29 is 4.74 Å². The van der Waals surface area contributed by atoms with Gasteiger partial charge in [-0.15, -0.1) is 0 Å². The molecular formula is C18H16Cl2N4O. The maximum Gasteiger partial charge on any atom is 0.248 e. The van der Waals surface area contributed by atoms with E-state index < -0.39 is 0 Å². The van der Waals surface area contributed by atoms with Crippen LogP contribution in [0.25, 0.3) is 0 Å². The largest absolute Gasteiger partial charge is 0.437 e. The Morgan fingerprint density at radius 3 is 2.56 bits per heavy atom. The van der Waals surface area contributed by atoms with Crippen LogP contribution in [0.15, 0.2) is 42.7 Å². The Morgan fingerprint density at radius 1 is 1.00 bits per heavy atom. The number of benzene rings is 2. The van der Waals surface area contributed by atoms with Gasteiger partial charge in [0.25, 0.3) is 0 Å². The lowest BCUT2D eigenvalue weighted by molar-refractivity contribution is 0.464. The number of nitrogens with one attached hydrogen (secondary N) is 1. The van der Waals surface area contributed by atoms with E-state index >= 15 is 0 Å². The minimum atomic E-state index is 0.263. The first kappa shape index (κ1) is 17.3. The quantitative estimate of drug-likeness (QED) is 0.628. The second-order valence-electron chi connectivity index (χ2n) is 5.54. The van der Waals surface area contributed by atoms with E-state index in [2.05, 4.69) is 15.3 Å². The molecule has 0 spiro atoms. The molecule has 3 N–H and O–H groups in total. The summed E-state index contributed by atoms with van der Waals surface area (Å²) in [5.74, 6) is 1.30. The lowest BCUT2D eigenvalue weighted by Gasteiger charge is -2.13. The molecule has 25 heavy (non-hydrogen) atoms. The number of nitrogen functional groups attached to an aromatic ring is 1. The minimum Gasteiger partial charge on any atom is -0.437 e. The van der Waals surface area contributed by atoms with Crippen LogP contribution in [0.3, 0.4) is 0 Å². The molecule has 0 unspecified atom stereocenters. The van der Waals surface area contributed by atoms with E-state index in [-0.39, 0.29) is 11.6 Å². The Labute approximate surface area is 155 Å². The number of nitrogens with two attached hydrogens (primary N) is 1. The summed E-state index contributed by atoms with van der Waals surface area (Å²) < 4.78 is 5.80. The molecule has 0 fully saturated rings. The van der Waals surface area contributed by atoms with Gasteiger partial charge in [-0.2, -0.15) is 4.98 Å². The molecule has 5 nitrogen and oxygen atoms in total. The van der Waals surface area contributed by atoms with E-state index in [0.717, 1.165) is 5.56 Å². The number of ether oxygens (including phenoxy) is 1. The number of rotatable bonds is 4. The van der Waals surface area contributed by atoms with Gasteiger partial charge in [0.1, 0.15) is 17.8 Å². The summed E-state index contributed by atoms with van der Waals surface area (Å²) in [6, 6.07) is 10.9. The highest BCUT2D eigenvalue weighted by Crippen LogP contribution is 2.34. The average Bonchev–Trinajstić information content (AvgIpc) is 2.58. The summed E-state index contributed by atoms with van der Waals surface area (Å²) in [6.07, 6.45) is 1.37. The Morgan fingerprint density at radius 2 is 1.80 bits per heavy atom. The predicted octanol–water partition coefficient (Wildman–Crippen LogP) is 5.52. The van der Waals surface area contributed by atoms with E-state index in [1.165, 1.54) is 11.9 Å². The molecule has 0 aliphatic heterocycles. The van der Waals surface area contributed by atoms with Crippen LogP contribution in [0.1, 0.15) is 11.1 Å². The van der Waals surface area contributed by atoms with E-state index in [0.29, 0.717) is 27.3 Å². The maximum absolute atomic E-state index is 6.16. The van der Waals surface area contributed by atoms with Crippen LogP contribution >= 0.6 is 23.2 Å². The topological polar surface area (TPSA) is 73.1 Å².